The molecule has 16 heavy (non-hydrogen) atoms. The van der Waals surface area contributed by atoms with Gasteiger partial charge in [-0.2, -0.15) is 4.68 Å². The molecule has 0 aliphatic heterocycles. The predicted molar refractivity (Wildman–Crippen MR) is 65.8 cm³/mol. The van der Waals surface area contributed by atoms with Gasteiger partial charge in [0.25, 0.3) is 0 Å². The zero-order chi connectivity index (χ0) is 11.9. The fourth-order valence-electron chi connectivity index (χ4n) is 1.79. The second-order valence-corrected chi connectivity index (χ2v) is 4.74. The van der Waals surface area contributed by atoms with Gasteiger partial charge < -0.3 is 5.73 Å². The Hall–Kier alpha value is -1.81. The smallest absolute Gasteiger partial charge is 0.248 e. The summed E-state index contributed by atoms with van der Waals surface area (Å²) < 4.78 is 2.73. The van der Waals surface area contributed by atoms with Crippen LogP contribution in [0.5, 0.6) is 0 Å². The average molecular weight is 218 g/mol. The molecule has 0 aliphatic rings. The lowest BCUT2D eigenvalue weighted by atomic mass is 10.1. The number of quaternary nitrogens is 1. The average Bonchev–Trinajstić information content (AvgIpc) is 2.58. The standard InChI is InChI=1S/C12H15N3O/c1-15(2,3)14-7-6-9-4-5-10(12(13)16)8-11(9)14/h4-8H,1-3H3,(H-,13,16)/p+1. The highest BCUT2D eigenvalue weighted by molar-refractivity contribution is 5.97. The number of carbonyl (C=O) groups excluding carboxylic acids is 1. The Balaban J connectivity index is 2.70. The highest BCUT2D eigenvalue weighted by Crippen LogP contribution is 2.18. The van der Waals surface area contributed by atoms with E-state index >= 15 is 0 Å². The van der Waals surface area contributed by atoms with Gasteiger partial charge in [-0.15, -0.1) is 0 Å². The summed E-state index contributed by atoms with van der Waals surface area (Å²) in [6, 6.07) is 7.54. The maximum Gasteiger partial charge on any atom is 0.248 e. The zero-order valence-electron chi connectivity index (χ0n) is 9.77. The molecule has 1 amide bonds. The molecule has 84 valence electrons. The Morgan fingerprint density at radius 1 is 1.25 bits per heavy atom. The molecule has 0 fully saturated rings. The number of aromatic nitrogens is 1. The summed E-state index contributed by atoms with van der Waals surface area (Å²) in [5, 5.41) is 1.11. The Morgan fingerprint density at radius 3 is 2.50 bits per heavy atom. The third kappa shape index (κ3) is 1.67. The molecule has 1 aromatic heterocycles. The van der Waals surface area contributed by atoms with Crippen LogP contribution in [0.15, 0.2) is 30.5 Å². The van der Waals surface area contributed by atoms with Crippen molar-refractivity contribution in [3.8, 4) is 0 Å². The predicted octanol–water partition coefficient (Wildman–Crippen LogP) is 1.07. The number of carbonyl (C=O) groups is 1. The van der Waals surface area contributed by atoms with Crippen LogP contribution in [-0.2, 0) is 0 Å². The highest BCUT2D eigenvalue weighted by atomic mass is 16.1. The number of rotatable bonds is 2. The molecule has 1 aromatic carbocycles. The van der Waals surface area contributed by atoms with Crippen LogP contribution in [0, 0.1) is 0 Å². The maximum absolute atomic E-state index is 11.1. The molecule has 0 aliphatic carbocycles. The van der Waals surface area contributed by atoms with Crippen LogP contribution >= 0.6 is 0 Å². The lowest BCUT2D eigenvalue weighted by Gasteiger charge is -2.25. The number of nitrogens with two attached hydrogens (primary N) is 1. The van der Waals surface area contributed by atoms with Crippen LogP contribution in [0.1, 0.15) is 10.4 Å². The Labute approximate surface area is 94.4 Å². The van der Waals surface area contributed by atoms with Crippen molar-refractivity contribution < 1.29 is 4.79 Å². The molecular weight excluding hydrogens is 202 g/mol. The van der Waals surface area contributed by atoms with Crippen LogP contribution < -0.4 is 10.3 Å². The first-order chi connectivity index (χ1) is 7.39. The van der Waals surface area contributed by atoms with E-state index in [1.807, 2.05) is 24.4 Å². The number of nitrogens with zero attached hydrogens (tertiary/aromatic N) is 2. The fraction of sp³-hybridized carbons (Fsp3) is 0.250. The monoisotopic (exact) mass is 218 g/mol. The van der Waals surface area contributed by atoms with Crippen LogP contribution in [0.4, 0.5) is 0 Å². The summed E-state index contributed by atoms with van der Waals surface area (Å²) in [7, 11) is 6.20. The molecule has 2 rings (SSSR count). The van der Waals surface area contributed by atoms with Gasteiger partial charge in [-0.25, -0.2) is 4.59 Å². The Morgan fingerprint density at radius 2 is 1.94 bits per heavy atom. The van der Waals surface area contributed by atoms with Crippen molar-refractivity contribution in [2.24, 2.45) is 5.73 Å². The summed E-state index contributed by atoms with van der Waals surface area (Å²) in [5.41, 5.74) is 6.84. The van der Waals surface area contributed by atoms with Crippen molar-refractivity contribution >= 4 is 16.8 Å². The lowest BCUT2D eigenvalue weighted by Crippen LogP contribution is -2.45. The van der Waals surface area contributed by atoms with E-state index in [9.17, 15) is 4.79 Å². The number of hydrogen-bond acceptors (Lipinski definition) is 1. The van der Waals surface area contributed by atoms with Crippen molar-refractivity contribution in [3.63, 3.8) is 0 Å². The topological polar surface area (TPSA) is 48.0 Å². The van der Waals surface area contributed by atoms with Gasteiger partial charge in [-0.1, -0.05) is 6.07 Å². The van der Waals surface area contributed by atoms with Crippen LogP contribution in [0.25, 0.3) is 10.9 Å². The first-order valence-electron chi connectivity index (χ1n) is 5.13. The molecule has 0 radical (unpaired) electrons. The van der Waals surface area contributed by atoms with E-state index in [0.29, 0.717) is 10.2 Å². The summed E-state index contributed by atoms with van der Waals surface area (Å²) >= 11 is 0. The molecule has 0 bridgehead atoms. The Bertz CT molecular complexity index is 549. The van der Waals surface area contributed by atoms with Crippen LogP contribution in [0.2, 0.25) is 0 Å². The van der Waals surface area contributed by atoms with Crippen molar-refractivity contribution in [3.05, 3.63) is 36.0 Å². The molecule has 0 unspecified atom stereocenters. The third-order valence-corrected chi connectivity index (χ3v) is 2.60. The molecule has 4 nitrogen and oxygen atoms in total. The summed E-state index contributed by atoms with van der Waals surface area (Å²) in [4.78, 5) is 11.1. The molecule has 2 N–H and O–H groups in total. The van der Waals surface area contributed by atoms with Crippen molar-refractivity contribution in [1.29, 1.82) is 0 Å². The van der Waals surface area contributed by atoms with Gasteiger partial charge in [0.15, 0.2) is 0 Å². The number of fused-ring (bicyclic) bond motifs is 1. The second kappa shape index (κ2) is 3.35. The zero-order valence-corrected chi connectivity index (χ0v) is 9.77. The quantitative estimate of drug-likeness (QED) is 0.753. The number of amides is 1. The van der Waals surface area contributed by atoms with Crippen LogP contribution in [-0.4, -0.2) is 31.7 Å². The van der Waals surface area contributed by atoms with Gasteiger partial charge in [0.2, 0.25) is 5.91 Å². The summed E-state index contributed by atoms with van der Waals surface area (Å²) in [6.07, 6.45) is 2.01. The molecule has 0 spiro atoms. The van der Waals surface area contributed by atoms with E-state index in [0.717, 1.165) is 10.9 Å². The van der Waals surface area contributed by atoms with Gasteiger partial charge in [-0.05, 0) is 18.2 Å². The van der Waals surface area contributed by atoms with E-state index in [1.165, 1.54) is 0 Å². The number of benzene rings is 1. The van der Waals surface area contributed by atoms with E-state index < -0.39 is 5.91 Å². The number of primary amides is 1. The van der Waals surface area contributed by atoms with Gasteiger partial charge in [0.05, 0.1) is 27.3 Å². The normalized spacial score (nSPS) is 11.9. The SMILES string of the molecule is C[N+](C)(C)n1ccc2ccc(C(N)=O)cc21. The third-order valence-electron chi connectivity index (χ3n) is 2.60. The first-order valence-corrected chi connectivity index (χ1v) is 5.13. The van der Waals surface area contributed by atoms with Crippen molar-refractivity contribution in [1.82, 2.24) is 9.27 Å². The maximum atomic E-state index is 11.1. The first kappa shape index (κ1) is 10.7. The molecule has 0 atom stereocenters. The number of hydrogen-bond donors (Lipinski definition) is 1. The molecular formula is C12H16N3O+. The fourth-order valence-corrected chi connectivity index (χ4v) is 1.79. The summed E-state index contributed by atoms with van der Waals surface area (Å²) in [5.74, 6) is -0.393. The van der Waals surface area contributed by atoms with Crippen molar-refractivity contribution in [2.75, 3.05) is 21.1 Å². The minimum Gasteiger partial charge on any atom is -0.366 e. The minimum atomic E-state index is -0.393. The largest absolute Gasteiger partial charge is 0.366 e. The lowest BCUT2D eigenvalue weighted by molar-refractivity contribution is 0.100. The van der Waals surface area contributed by atoms with E-state index in [-0.39, 0.29) is 0 Å². The van der Waals surface area contributed by atoms with Gasteiger partial charge in [0.1, 0.15) is 5.52 Å². The van der Waals surface area contributed by atoms with E-state index in [1.54, 1.807) is 6.07 Å². The van der Waals surface area contributed by atoms with Gasteiger partial charge in [0, 0.05) is 10.9 Å². The van der Waals surface area contributed by atoms with Crippen LogP contribution in [0.3, 0.4) is 0 Å². The molecule has 2 aromatic rings. The summed E-state index contributed by atoms with van der Waals surface area (Å²) in [6.45, 7) is 0. The molecule has 1 heterocycles. The Kier molecular flexibility index (Phi) is 2.24. The minimum absolute atomic E-state index is 0.393. The van der Waals surface area contributed by atoms with Gasteiger partial charge >= 0.3 is 0 Å². The highest BCUT2D eigenvalue weighted by Gasteiger charge is 2.14. The van der Waals surface area contributed by atoms with Gasteiger partial charge in [-0.3, -0.25) is 4.79 Å². The molecule has 0 saturated carbocycles. The molecule has 4 heteroatoms. The van der Waals surface area contributed by atoms with E-state index in [2.05, 4.69) is 25.8 Å². The van der Waals surface area contributed by atoms with Crippen molar-refractivity contribution in [2.45, 2.75) is 0 Å². The second-order valence-electron chi connectivity index (χ2n) is 4.74. The van der Waals surface area contributed by atoms with E-state index in [4.69, 9.17) is 5.73 Å². The molecule has 0 saturated heterocycles.